The fourth-order valence-electron chi connectivity index (χ4n) is 6.68. The molecule has 11 heteroatoms. The van der Waals surface area contributed by atoms with Crippen molar-refractivity contribution in [2.24, 2.45) is 0 Å². The molecule has 2 aromatic heterocycles. The molecule has 3 heterocycles. The van der Waals surface area contributed by atoms with E-state index in [-0.39, 0.29) is 36.4 Å². The van der Waals surface area contributed by atoms with Gasteiger partial charge in [0.05, 0.1) is 19.3 Å². The van der Waals surface area contributed by atoms with Gasteiger partial charge in [-0.2, -0.15) is 0 Å². The zero-order valence-electron chi connectivity index (χ0n) is 30.1. The first kappa shape index (κ1) is 35.8. The van der Waals surface area contributed by atoms with E-state index in [2.05, 4.69) is 42.8 Å². The lowest BCUT2D eigenvalue weighted by atomic mass is 9.96. The number of esters is 1. The number of rotatable bonds is 10. The number of aromatic nitrogens is 2. The highest BCUT2D eigenvalue weighted by molar-refractivity contribution is 6.76. The van der Waals surface area contributed by atoms with Crippen LogP contribution < -0.4 is 9.64 Å². The Labute approximate surface area is 296 Å². The average molecular weight is 699 g/mol. The second kappa shape index (κ2) is 14.7. The minimum atomic E-state index is -1.19. The van der Waals surface area contributed by atoms with Gasteiger partial charge < -0.3 is 28.8 Å². The zero-order chi connectivity index (χ0) is 35.6. The van der Waals surface area contributed by atoms with Gasteiger partial charge in [0.15, 0.2) is 0 Å². The van der Waals surface area contributed by atoms with Gasteiger partial charge in [-0.05, 0) is 81.5 Å². The van der Waals surface area contributed by atoms with Crippen molar-refractivity contribution in [1.29, 1.82) is 0 Å². The number of aryl methyl sites for hydroxylation is 1. The third-order valence-corrected chi connectivity index (χ3v) is 11.0. The number of piperazine rings is 1. The van der Waals surface area contributed by atoms with Crippen molar-refractivity contribution < 1.29 is 28.9 Å². The van der Waals surface area contributed by atoms with E-state index >= 15 is 0 Å². The van der Waals surface area contributed by atoms with Crippen LogP contribution in [0.5, 0.6) is 11.5 Å². The molecule has 4 aromatic rings. The molecular formula is C39H50N4O6Si. The number of anilines is 1. The van der Waals surface area contributed by atoms with E-state index in [9.17, 15) is 14.7 Å². The number of carbonyl (C=O) groups excluding carboxylic acids is 2. The van der Waals surface area contributed by atoms with Crippen LogP contribution in [0.4, 0.5) is 5.69 Å². The van der Waals surface area contributed by atoms with Crippen LogP contribution in [0.2, 0.25) is 25.7 Å². The first-order valence-electron chi connectivity index (χ1n) is 17.7. The third kappa shape index (κ3) is 8.46. The molecule has 2 aliphatic rings. The van der Waals surface area contributed by atoms with Gasteiger partial charge in [-0.25, -0.2) is 9.78 Å². The van der Waals surface area contributed by atoms with Crippen molar-refractivity contribution in [3.63, 3.8) is 0 Å². The molecule has 1 amide bonds. The van der Waals surface area contributed by atoms with Crippen LogP contribution in [0.15, 0.2) is 67.0 Å². The van der Waals surface area contributed by atoms with Crippen LogP contribution in [0.1, 0.15) is 67.6 Å². The lowest BCUT2D eigenvalue weighted by Gasteiger charge is -2.42. The summed E-state index contributed by atoms with van der Waals surface area (Å²) >= 11 is 0. The van der Waals surface area contributed by atoms with Crippen molar-refractivity contribution in [3.05, 3.63) is 83.7 Å². The van der Waals surface area contributed by atoms with Crippen LogP contribution >= 0.6 is 0 Å². The van der Waals surface area contributed by atoms with Crippen molar-refractivity contribution >= 4 is 36.7 Å². The number of amides is 1. The number of β-amino-alcohol motifs (C(OH)–C–C–N with tert-alkyl or cyclic N) is 1. The number of carbonyl (C=O) groups is 2. The van der Waals surface area contributed by atoms with E-state index in [1.54, 1.807) is 29.3 Å². The molecule has 1 saturated heterocycles. The lowest BCUT2D eigenvalue weighted by molar-refractivity contribution is -0.130. The van der Waals surface area contributed by atoms with Gasteiger partial charge in [0.2, 0.25) is 5.91 Å². The predicted octanol–water partition coefficient (Wildman–Crippen LogP) is 7.53. The topological polar surface area (TPSA) is 106 Å². The zero-order valence-corrected chi connectivity index (χ0v) is 31.1. The van der Waals surface area contributed by atoms with E-state index < -0.39 is 25.9 Å². The summed E-state index contributed by atoms with van der Waals surface area (Å²) in [5.41, 5.74) is 3.26. The molecular weight excluding hydrogens is 649 g/mol. The van der Waals surface area contributed by atoms with Gasteiger partial charge in [0.1, 0.15) is 41.3 Å². The SMILES string of the molecule is CC(C)(C)OC(=O)c1ccc(N2CC(O)N([C@@H]3CCCCc4ccccc43)CC2=O)cc1Oc1cnc2c(ccn2COCC[Si](C)(C)C)c1. The van der Waals surface area contributed by atoms with Crippen LogP contribution in [0.3, 0.4) is 0 Å². The van der Waals surface area contributed by atoms with E-state index in [4.69, 9.17) is 14.2 Å². The van der Waals surface area contributed by atoms with Crippen LogP contribution in [-0.4, -0.2) is 71.0 Å². The van der Waals surface area contributed by atoms with E-state index in [0.29, 0.717) is 24.8 Å². The summed E-state index contributed by atoms with van der Waals surface area (Å²) in [5.74, 6) is -0.0168. The second-order valence-corrected chi connectivity index (χ2v) is 21.2. The third-order valence-electron chi connectivity index (χ3n) is 9.26. The van der Waals surface area contributed by atoms with Crippen molar-refractivity contribution in [2.45, 2.75) is 96.7 Å². The number of fused-ring (bicyclic) bond motifs is 2. The summed E-state index contributed by atoms with van der Waals surface area (Å²) in [6.45, 7) is 13.7. The number of ether oxygens (including phenoxy) is 3. The molecule has 0 spiro atoms. The van der Waals surface area contributed by atoms with Gasteiger partial charge in [0.25, 0.3) is 0 Å². The quantitative estimate of drug-likeness (QED) is 0.0785. The monoisotopic (exact) mass is 698 g/mol. The minimum absolute atomic E-state index is 0.0303. The fourth-order valence-corrected chi connectivity index (χ4v) is 7.43. The maximum atomic E-state index is 13.8. The molecule has 1 N–H and O–H groups in total. The van der Waals surface area contributed by atoms with Crippen LogP contribution in [0, 0.1) is 0 Å². The number of hydrogen-bond acceptors (Lipinski definition) is 8. The first-order chi connectivity index (χ1) is 23.8. The number of aliphatic hydroxyl groups is 1. The Morgan fingerprint density at radius 3 is 2.64 bits per heavy atom. The average Bonchev–Trinajstić information content (AvgIpc) is 3.32. The summed E-state index contributed by atoms with van der Waals surface area (Å²) in [5, 5.41) is 12.3. The minimum Gasteiger partial charge on any atom is -0.456 e. The summed E-state index contributed by atoms with van der Waals surface area (Å²) in [7, 11) is -1.19. The molecule has 266 valence electrons. The number of benzene rings is 2. The maximum Gasteiger partial charge on any atom is 0.342 e. The smallest absolute Gasteiger partial charge is 0.342 e. The molecule has 1 unspecified atom stereocenters. The summed E-state index contributed by atoms with van der Waals surface area (Å²) < 4.78 is 20.0. The lowest BCUT2D eigenvalue weighted by Crippen LogP contribution is -2.57. The largest absolute Gasteiger partial charge is 0.456 e. The van der Waals surface area contributed by atoms with Gasteiger partial charge in [-0.1, -0.05) is 50.3 Å². The molecule has 1 aliphatic carbocycles. The Morgan fingerprint density at radius 1 is 1.06 bits per heavy atom. The maximum absolute atomic E-state index is 13.8. The molecule has 2 aromatic carbocycles. The van der Waals surface area contributed by atoms with Gasteiger partial charge in [0, 0.05) is 44.1 Å². The predicted molar refractivity (Wildman–Crippen MR) is 197 cm³/mol. The van der Waals surface area contributed by atoms with Gasteiger partial charge >= 0.3 is 5.97 Å². The molecule has 2 atom stereocenters. The molecule has 0 radical (unpaired) electrons. The van der Waals surface area contributed by atoms with Crippen molar-refractivity contribution in [3.8, 4) is 11.5 Å². The normalized spacial score (nSPS) is 18.9. The molecule has 0 saturated carbocycles. The Morgan fingerprint density at radius 2 is 1.86 bits per heavy atom. The molecule has 10 nitrogen and oxygen atoms in total. The van der Waals surface area contributed by atoms with Gasteiger partial charge in [-0.15, -0.1) is 0 Å². The summed E-state index contributed by atoms with van der Waals surface area (Å²) in [6, 6.07) is 18.2. The first-order valence-corrected chi connectivity index (χ1v) is 21.4. The Balaban J connectivity index is 1.24. The summed E-state index contributed by atoms with van der Waals surface area (Å²) in [4.78, 5) is 35.3. The molecule has 1 aliphatic heterocycles. The van der Waals surface area contributed by atoms with E-state index in [1.807, 2.05) is 54.6 Å². The number of nitrogens with zero attached hydrogens (tertiary/aromatic N) is 4. The van der Waals surface area contributed by atoms with Crippen molar-refractivity contribution in [2.75, 3.05) is 24.6 Å². The molecule has 1 fully saturated rings. The Bertz CT molecular complexity index is 1840. The number of hydrogen-bond donors (Lipinski definition) is 1. The van der Waals surface area contributed by atoms with Crippen molar-refractivity contribution in [1.82, 2.24) is 14.5 Å². The second-order valence-electron chi connectivity index (χ2n) is 15.6. The van der Waals surface area contributed by atoms with Gasteiger partial charge in [-0.3, -0.25) is 9.69 Å². The number of pyridine rings is 1. The van der Waals surface area contributed by atoms with Crippen LogP contribution in [0.25, 0.3) is 11.0 Å². The van der Waals surface area contributed by atoms with E-state index in [1.165, 1.54) is 11.1 Å². The van der Waals surface area contributed by atoms with E-state index in [0.717, 1.165) is 42.8 Å². The molecule has 0 bridgehead atoms. The fraction of sp³-hybridized carbons (Fsp3) is 0.462. The summed E-state index contributed by atoms with van der Waals surface area (Å²) in [6.07, 6.45) is 6.70. The molecule has 6 rings (SSSR count). The van der Waals surface area contributed by atoms with Crippen LogP contribution in [-0.2, 0) is 27.4 Å². The highest BCUT2D eigenvalue weighted by Crippen LogP contribution is 2.37. The standard InChI is InChI=1S/C39H50N4O6Si/c1-39(2,3)49-38(46)32-16-15-29(42-24-36(45)43(25-35(42)44)33-14-10-8-12-27-11-7-9-13-31(27)33)22-34(32)48-30-21-28-17-18-41(37(28)40-23-30)26-47-19-20-50(4,5)6/h7,9,11,13,15-18,21-23,33,36,45H,8,10,12,14,19-20,24-26H2,1-6H3/t33-,36?/m1/s1. The molecule has 50 heavy (non-hydrogen) atoms. The Kier molecular flexibility index (Phi) is 10.5. The highest BCUT2D eigenvalue weighted by Gasteiger charge is 2.38. The Hall–Kier alpha value is -4.03. The number of aliphatic hydroxyl groups excluding tert-OH is 1. The highest BCUT2D eigenvalue weighted by atomic mass is 28.3.